The van der Waals surface area contributed by atoms with Crippen molar-refractivity contribution >= 4 is 11.9 Å². The first-order chi connectivity index (χ1) is 19.7. The molecule has 0 spiro atoms. The molecule has 5 unspecified atom stereocenters. The number of carbonyl (C=O) groups is 2. The molecule has 2 aliphatic carbocycles. The average Bonchev–Trinajstić information content (AvgIpc) is 3.54. The van der Waals surface area contributed by atoms with Crippen molar-refractivity contribution in [2.75, 3.05) is 6.61 Å². The molecular weight excluding hydrogens is 508 g/mol. The zero-order chi connectivity index (χ0) is 29.2. The lowest BCUT2D eigenvalue weighted by Crippen LogP contribution is -2.40. The van der Waals surface area contributed by atoms with Crippen LogP contribution in [0.3, 0.4) is 0 Å². The average molecular weight is 553 g/mol. The van der Waals surface area contributed by atoms with Crippen LogP contribution in [0.5, 0.6) is 0 Å². The highest BCUT2D eigenvalue weighted by molar-refractivity contribution is 5.92. The lowest BCUT2D eigenvalue weighted by atomic mass is 9.69. The van der Waals surface area contributed by atoms with Gasteiger partial charge < -0.3 is 9.47 Å². The Balaban J connectivity index is 1.39. The molecule has 3 aromatic rings. The Labute approximate surface area is 245 Å². The Morgan fingerprint density at radius 3 is 1.78 bits per heavy atom. The van der Waals surface area contributed by atoms with Crippen LogP contribution in [-0.2, 0) is 24.5 Å². The van der Waals surface area contributed by atoms with E-state index in [1.54, 1.807) is 0 Å². The summed E-state index contributed by atoms with van der Waals surface area (Å²) in [4.78, 5) is 27.9. The van der Waals surface area contributed by atoms with Crippen LogP contribution in [0.4, 0.5) is 0 Å². The zero-order valence-corrected chi connectivity index (χ0v) is 25.1. The molecule has 0 aromatic heterocycles. The van der Waals surface area contributed by atoms with Gasteiger partial charge in [-0.05, 0) is 52.7 Å². The minimum absolute atomic E-state index is 0.0345. The molecule has 0 saturated heterocycles. The van der Waals surface area contributed by atoms with Crippen molar-refractivity contribution in [1.82, 2.24) is 0 Å². The van der Waals surface area contributed by atoms with E-state index in [1.807, 2.05) is 91.0 Å². The molecule has 41 heavy (non-hydrogen) atoms. The Kier molecular flexibility index (Phi) is 8.40. The number of hydrogen-bond acceptors (Lipinski definition) is 4. The molecule has 0 aliphatic heterocycles. The maximum Gasteiger partial charge on any atom is 0.325 e. The van der Waals surface area contributed by atoms with Crippen molar-refractivity contribution in [3.05, 3.63) is 108 Å². The van der Waals surface area contributed by atoms with Crippen molar-refractivity contribution in [3.8, 4) is 0 Å². The summed E-state index contributed by atoms with van der Waals surface area (Å²) in [5.41, 5.74) is 1.11. The molecule has 2 saturated carbocycles. The number of carbonyl (C=O) groups excluding carboxylic acids is 2. The Bertz CT molecular complexity index is 1220. The third-order valence-corrected chi connectivity index (χ3v) is 9.85. The summed E-state index contributed by atoms with van der Waals surface area (Å²) in [6, 6.07) is 29.5. The molecule has 5 rings (SSSR count). The Morgan fingerprint density at radius 1 is 0.829 bits per heavy atom. The normalized spacial score (nSPS) is 25.4. The summed E-state index contributed by atoms with van der Waals surface area (Å²) in [5, 5.41) is 0. The standard InChI is InChI=1S/C37H44O4/c1-25(2)30-22-21-26(3)23-32(30)41-34(38)33-31(36(33,4)5)24-40-35(39)37(27-15-9-6-10-16-27,28-17-11-7-12-18-28)29-19-13-8-14-20-29/h6-20,25-26,30-33H,21-24H2,1-5H3. The van der Waals surface area contributed by atoms with E-state index in [4.69, 9.17) is 9.47 Å². The number of rotatable bonds is 9. The van der Waals surface area contributed by atoms with Gasteiger partial charge >= 0.3 is 11.9 Å². The fraction of sp³-hybridized carbons (Fsp3) is 0.459. The first-order valence-electron chi connectivity index (χ1n) is 15.2. The number of esters is 2. The minimum Gasteiger partial charge on any atom is -0.464 e. The maximum absolute atomic E-state index is 14.4. The van der Waals surface area contributed by atoms with Crippen LogP contribution < -0.4 is 0 Å². The van der Waals surface area contributed by atoms with Gasteiger partial charge in [0.15, 0.2) is 0 Å². The Hall–Kier alpha value is -3.40. The topological polar surface area (TPSA) is 52.6 Å². The van der Waals surface area contributed by atoms with Gasteiger partial charge in [0.05, 0.1) is 12.5 Å². The fourth-order valence-electron chi connectivity index (χ4n) is 7.19. The lowest BCUT2D eigenvalue weighted by Gasteiger charge is -2.36. The van der Waals surface area contributed by atoms with Gasteiger partial charge in [-0.2, -0.15) is 0 Å². The molecule has 2 fully saturated rings. The molecule has 0 heterocycles. The van der Waals surface area contributed by atoms with Gasteiger partial charge in [0, 0.05) is 5.92 Å². The van der Waals surface area contributed by atoms with Crippen LogP contribution in [-0.4, -0.2) is 24.6 Å². The first kappa shape index (κ1) is 29.1. The van der Waals surface area contributed by atoms with Crippen molar-refractivity contribution in [3.63, 3.8) is 0 Å². The van der Waals surface area contributed by atoms with E-state index in [0.717, 1.165) is 29.5 Å². The summed E-state index contributed by atoms with van der Waals surface area (Å²) in [6.07, 6.45) is 3.19. The smallest absolute Gasteiger partial charge is 0.325 e. The van der Waals surface area contributed by atoms with Crippen LogP contribution in [0, 0.1) is 35.0 Å². The molecular formula is C37H44O4. The summed E-state index contributed by atoms with van der Waals surface area (Å²) >= 11 is 0. The van der Waals surface area contributed by atoms with E-state index in [9.17, 15) is 9.59 Å². The number of benzene rings is 3. The molecule has 216 valence electrons. The minimum atomic E-state index is -1.14. The van der Waals surface area contributed by atoms with Crippen molar-refractivity contribution in [2.45, 2.75) is 65.4 Å². The van der Waals surface area contributed by atoms with E-state index >= 15 is 0 Å². The van der Waals surface area contributed by atoms with Crippen LogP contribution in [0.15, 0.2) is 91.0 Å². The van der Waals surface area contributed by atoms with Gasteiger partial charge in [-0.15, -0.1) is 0 Å². The second-order valence-electron chi connectivity index (χ2n) is 13.2. The molecule has 3 aromatic carbocycles. The summed E-state index contributed by atoms with van der Waals surface area (Å²) in [7, 11) is 0. The van der Waals surface area contributed by atoms with Crippen LogP contribution in [0.2, 0.25) is 0 Å². The van der Waals surface area contributed by atoms with Crippen LogP contribution >= 0.6 is 0 Å². The van der Waals surface area contributed by atoms with E-state index < -0.39 is 5.41 Å². The lowest BCUT2D eigenvalue weighted by molar-refractivity contribution is -0.159. The zero-order valence-electron chi connectivity index (χ0n) is 25.1. The van der Waals surface area contributed by atoms with Crippen LogP contribution in [0.25, 0.3) is 0 Å². The predicted molar refractivity (Wildman–Crippen MR) is 162 cm³/mol. The number of hydrogen-bond donors (Lipinski definition) is 0. The maximum atomic E-state index is 14.4. The van der Waals surface area contributed by atoms with E-state index in [0.29, 0.717) is 17.8 Å². The van der Waals surface area contributed by atoms with Gasteiger partial charge in [0.2, 0.25) is 0 Å². The highest BCUT2D eigenvalue weighted by atomic mass is 16.5. The molecule has 0 N–H and O–H groups in total. The SMILES string of the molecule is CC1CCC(C(C)C)C(OC(=O)C2C(COC(=O)C(c3ccccc3)(c3ccccc3)c3ccccc3)C2(C)C)C1. The Morgan fingerprint density at radius 2 is 1.32 bits per heavy atom. The molecule has 0 bridgehead atoms. The third-order valence-electron chi connectivity index (χ3n) is 9.85. The van der Waals surface area contributed by atoms with E-state index in [2.05, 4.69) is 34.6 Å². The summed E-state index contributed by atoms with van der Waals surface area (Å²) in [6.45, 7) is 11.0. The third kappa shape index (κ3) is 5.58. The van der Waals surface area contributed by atoms with Crippen molar-refractivity contribution in [2.24, 2.45) is 35.0 Å². The molecule has 0 radical (unpaired) electrons. The molecule has 0 amide bonds. The monoisotopic (exact) mass is 552 g/mol. The predicted octanol–water partition coefficient (Wildman–Crippen LogP) is 7.84. The van der Waals surface area contributed by atoms with Gasteiger partial charge in [-0.1, -0.05) is 132 Å². The summed E-state index contributed by atoms with van der Waals surface area (Å²) in [5.74, 6) is 0.604. The van der Waals surface area contributed by atoms with E-state index in [-0.39, 0.29) is 41.9 Å². The highest BCUT2D eigenvalue weighted by Crippen LogP contribution is 2.59. The highest BCUT2D eigenvalue weighted by Gasteiger charge is 2.64. The first-order valence-corrected chi connectivity index (χ1v) is 15.2. The van der Waals surface area contributed by atoms with Gasteiger partial charge in [0.25, 0.3) is 0 Å². The van der Waals surface area contributed by atoms with E-state index in [1.165, 1.54) is 6.42 Å². The van der Waals surface area contributed by atoms with Gasteiger partial charge in [0.1, 0.15) is 11.5 Å². The molecule has 4 nitrogen and oxygen atoms in total. The second kappa shape index (κ2) is 11.8. The molecule has 4 heteroatoms. The van der Waals surface area contributed by atoms with Gasteiger partial charge in [-0.3, -0.25) is 9.59 Å². The largest absolute Gasteiger partial charge is 0.464 e. The van der Waals surface area contributed by atoms with Gasteiger partial charge in [-0.25, -0.2) is 0 Å². The molecule has 2 aliphatic rings. The number of ether oxygens (including phenoxy) is 2. The van der Waals surface area contributed by atoms with Crippen molar-refractivity contribution in [1.29, 1.82) is 0 Å². The second-order valence-corrected chi connectivity index (χ2v) is 13.2. The quantitative estimate of drug-likeness (QED) is 0.200. The fourth-order valence-corrected chi connectivity index (χ4v) is 7.19. The van der Waals surface area contributed by atoms with Crippen LogP contribution in [0.1, 0.15) is 70.6 Å². The summed E-state index contributed by atoms with van der Waals surface area (Å²) < 4.78 is 12.5. The molecule has 5 atom stereocenters. The van der Waals surface area contributed by atoms with Crippen molar-refractivity contribution < 1.29 is 19.1 Å².